The normalized spacial score (nSPS) is 20.5. The molecule has 6 heteroatoms. The number of hydrogen-bond donors (Lipinski definition) is 0. The number of hydrogen-bond acceptors (Lipinski definition) is 5. The van der Waals surface area contributed by atoms with Gasteiger partial charge >= 0.3 is 0 Å². The maximum Gasteiger partial charge on any atom is 0.266 e. The molecule has 6 nitrogen and oxygen atoms in total. The average molecular weight is 292 g/mol. The van der Waals surface area contributed by atoms with Crippen LogP contribution in [0.2, 0.25) is 0 Å². The Kier molecular flexibility index (Phi) is 4.41. The van der Waals surface area contributed by atoms with E-state index < -0.39 is 0 Å². The van der Waals surface area contributed by atoms with Gasteiger partial charge < -0.3 is 14.3 Å². The van der Waals surface area contributed by atoms with E-state index in [2.05, 4.69) is 15.0 Å². The van der Waals surface area contributed by atoms with Crippen LogP contribution in [0.25, 0.3) is 0 Å². The summed E-state index contributed by atoms with van der Waals surface area (Å²) in [5.41, 5.74) is 0. The first-order valence-corrected chi connectivity index (χ1v) is 8.11. The summed E-state index contributed by atoms with van der Waals surface area (Å²) in [7, 11) is 0. The van der Waals surface area contributed by atoms with E-state index in [4.69, 9.17) is 4.52 Å². The highest BCUT2D eigenvalue weighted by molar-refractivity contribution is 5.77. The molecule has 21 heavy (non-hydrogen) atoms. The molecule has 0 radical (unpaired) electrons. The zero-order valence-electron chi connectivity index (χ0n) is 12.8. The first-order valence-electron chi connectivity index (χ1n) is 8.11. The number of aryl methyl sites for hydroxylation is 1. The molecule has 3 rings (SSSR count). The van der Waals surface area contributed by atoms with Crippen LogP contribution < -0.4 is 4.90 Å². The summed E-state index contributed by atoms with van der Waals surface area (Å²) >= 11 is 0. The third-order valence-corrected chi connectivity index (χ3v) is 4.64. The Labute approximate surface area is 125 Å². The van der Waals surface area contributed by atoms with Gasteiger partial charge in [-0.15, -0.1) is 0 Å². The molecule has 3 heterocycles. The lowest BCUT2D eigenvalue weighted by atomic mass is 9.93. The van der Waals surface area contributed by atoms with Crippen LogP contribution >= 0.6 is 0 Å². The van der Waals surface area contributed by atoms with Crippen LogP contribution in [0.3, 0.4) is 0 Å². The van der Waals surface area contributed by atoms with Crippen molar-refractivity contribution in [2.75, 3.05) is 31.1 Å². The zero-order valence-corrected chi connectivity index (χ0v) is 12.8. The van der Waals surface area contributed by atoms with Crippen molar-refractivity contribution in [3.63, 3.8) is 0 Å². The molecule has 0 saturated carbocycles. The zero-order chi connectivity index (χ0) is 14.7. The lowest BCUT2D eigenvalue weighted by Crippen LogP contribution is -2.36. The molecule has 0 N–H and O–H groups in total. The Bertz CT molecular complexity index is 480. The highest BCUT2D eigenvalue weighted by atomic mass is 16.5. The Morgan fingerprint density at radius 1 is 1.29 bits per heavy atom. The highest BCUT2D eigenvalue weighted by Gasteiger charge is 2.25. The Morgan fingerprint density at radius 2 is 2.10 bits per heavy atom. The second kappa shape index (κ2) is 6.45. The van der Waals surface area contributed by atoms with Crippen LogP contribution in [-0.4, -0.2) is 47.1 Å². The quantitative estimate of drug-likeness (QED) is 0.829. The summed E-state index contributed by atoms with van der Waals surface area (Å²) in [6.45, 7) is 5.89. The number of carbonyl (C=O) groups is 1. The second-order valence-electron chi connectivity index (χ2n) is 6.05. The summed E-state index contributed by atoms with van der Waals surface area (Å²) in [4.78, 5) is 20.2. The van der Waals surface area contributed by atoms with Crippen molar-refractivity contribution >= 4 is 11.9 Å². The monoisotopic (exact) mass is 292 g/mol. The molecule has 0 aromatic carbocycles. The third kappa shape index (κ3) is 3.36. The Balaban J connectivity index is 1.43. The average Bonchev–Trinajstić information content (AvgIpc) is 3.14. The van der Waals surface area contributed by atoms with Gasteiger partial charge in [0.05, 0.1) is 0 Å². The lowest BCUT2D eigenvalue weighted by Gasteiger charge is -2.31. The van der Waals surface area contributed by atoms with Crippen LogP contribution in [0, 0.1) is 5.92 Å². The molecule has 0 bridgehead atoms. The van der Waals surface area contributed by atoms with E-state index in [0.29, 0.717) is 17.7 Å². The minimum absolute atomic E-state index is 0.339. The van der Waals surface area contributed by atoms with E-state index >= 15 is 0 Å². The fourth-order valence-electron chi connectivity index (χ4n) is 3.22. The number of carbonyl (C=O) groups excluding carboxylic acids is 1. The van der Waals surface area contributed by atoms with Crippen LogP contribution in [0.4, 0.5) is 5.95 Å². The van der Waals surface area contributed by atoms with Gasteiger partial charge in [-0.2, -0.15) is 4.98 Å². The fraction of sp³-hybridized carbons (Fsp3) is 0.800. The number of rotatable bonds is 5. The van der Waals surface area contributed by atoms with Gasteiger partial charge in [0.2, 0.25) is 11.8 Å². The second-order valence-corrected chi connectivity index (χ2v) is 6.05. The molecule has 2 aliphatic rings. The molecular formula is C15H24N4O2. The largest absolute Gasteiger partial charge is 0.343 e. The van der Waals surface area contributed by atoms with Crippen molar-refractivity contribution in [3.8, 4) is 0 Å². The molecule has 0 spiro atoms. The fourth-order valence-corrected chi connectivity index (χ4v) is 3.22. The molecule has 0 unspecified atom stereocenters. The molecule has 1 aromatic rings. The maximum atomic E-state index is 11.6. The van der Waals surface area contributed by atoms with Crippen molar-refractivity contribution in [3.05, 3.63) is 5.89 Å². The predicted molar refractivity (Wildman–Crippen MR) is 79.0 cm³/mol. The summed E-state index contributed by atoms with van der Waals surface area (Å²) in [6.07, 6.45) is 6.00. The number of nitrogens with zero attached hydrogens (tertiary/aromatic N) is 4. The number of aromatic nitrogens is 2. The molecular weight excluding hydrogens is 268 g/mol. The van der Waals surface area contributed by atoms with Gasteiger partial charge in [-0.1, -0.05) is 6.92 Å². The van der Waals surface area contributed by atoms with Gasteiger partial charge in [-0.3, -0.25) is 4.79 Å². The van der Waals surface area contributed by atoms with E-state index in [1.54, 1.807) is 0 Å². The Hall–Kier alpha value is -1.59. The molecule has 2 fully saturated rings. The molecule has 1 aromatic heterocycles. The first kappa shape index (κ1) is 14.4. The van der Waals surface area contributed by atoms with Crippen LogP contribution in [0.1, 0.15) is 44.9 Å². The number of piperidine rings is 1. The first-order chi connectivity index (χ1) is 10.3. The molecule has 1 amide bonds. The molecule has 0 aliphatic carbocycles. The van der Waals surface area contributed by atoms with Gasteiger partial charge in [0.25, 0.3) is 5.95 Å². The minimum Gasteiger partial charge on any atom is -0.343 e. The lowest BCUT2D eigenvalue weighted by molar-refractivity contribution is -0.127. The van der Waals surface area contributed by atoms with Crippen molar-refractivity contribution in [1.82, 2.24) is 15.0 Å². The number of anilines is 1. The van der Waals surface area contributed by atoms with Crippen LogP contribution in [0.15, 0.2) is 4.52 Å². The van der Waals surface area contributed by atoms with Gasteiger partial charge in [-0.05, 0) is 36.8 Å². The predicted octanol–water partition coefficient (Wildman–Crippen LogP) is 1.86. The van der Waals surface area contributed by atoms with E-state index in [1.807, 2.05) is 11.8 Å². The molecule has 0 atom stereocenters. The standard InChI is InChI=1S/C15H24N4O2/c1-2-13-16-15(17-21-13)19-10-6-12(7-11-19)5-9-18-8-3-4-14(18)20/h12H,2-11H2,1H3. The van der Waals surface area contributed by atoms with E-state index in [-0.39, 0.29) is 0 Å². The van der Waals surface area contributed by atoms with Gasteiger partial charge in [-0.25, -0.2) is 0 Å². The van der Waals surface area contributed by atoms with Crippen molar-refractivity contribution < 1.29 is 9.32 Å². The summed E-state index contributed by atoms with van der Waals surface area (Å²) in [5.74, 6) is 2.50. The van der Waals surface area contributed by atoms with E-state index in [0.717, 1.165) is 70.7 Å². The molecule has 2 saturated heterocycles. The van der Waals surface area contributed by atoms with Crippen molar-refractivity contribution in [2.24, 2.45) is 5.92 Å². The topological polar surface area (TPSA) is 62.5 Å². The summed E-state index contributed by atoms with van der Waals surface area (Å²) in [5, 5.41) is 4.04. The van der Waals surface area contributed by atoms with Crippen LogP contribution in [0.5, 0.6) is 0 Å². The van der Waals surface area contributed by atoms with Gasteiger partial charge in [0, 0.05) is 39.0 Å². The highest BCUT2D eigenvalue weighted by Crippen LogP contribution is 2.24. The SMILES string of the molecule is CCc1nc(N2CCC(CCN3CCCC3=O)CC2)no1. The van der Waals surface area contributed by atoms with Gasteiger partial charge in [0.1, 0.15) is 0 Å². The number of amides is 1. The van der Waals surface area contributed by atoms with Gasteiger partial charge in [0.15, 0.2) is 0 Å². The van der Waals surface area contributed by atoms with Crippen molar-refractivity contribution in [1.29, 1.82) is 0 Å². The van der Waals surface area contributed by atoms with Crippen LogP contribution in [-0.2, 0) is 11.2 Å². The minimum atomic E-state index is 0.339. The number of likely N-dealkylation sites (tertiary alicyclic amines) is 1. The third-order valence-electron chi connectivity index (χ3n) is 4.64. The van der Waals surface area contributed by atoms with Crippen molar-refractivity contribution in [2.45, 2.75) is 45.4 Å². The Morgan fingerprint density at radius 3 is 2.71 bits per heavy atom. The maximum absolute atomic E-state index is 11.6. The summed E-state index contributed by atoms with van der Waals surface area (Å²) < 4.78 is 5.17. The van der Waals surface area contributed by atoms with E-state index in [9.17, 15) is 4.79 Å². The van der Waals surface area contributed by atoms with E-state index in [1.165, 1.54) is 0 Å². The smallest absolute Gasteiger partial charge is 0.266 e. The molecule has 116 valence electrons. The summed E-state index contributed by atoms with van der Waals surface area (Å²) in [6, 6.07) is 0. The molecule has 2 aliphatic heterocycles.